The zero-order valence-corrected chi connectivity index (χ0v) is 10.8. The van der Waals surface area contributed by atoms with Crippen molar-refractivity contribution in [3.8, 4) is 0 Å². The molecule has 7 heteroatoms. The average Bonchev–Trinajstić information content (AvgIpc) is 2.64. The monoisotopic (exact) mass is 259 g/mol. The predicted octanol–water partition coefficient (Wildman–Crippen LogP) is 1.03. The molecule has 0 radical (unpaired) electrons. The second kappa shape index (κ2) is 4.99. The fraction of sp³-hybridized carbons (Fsp3) is 0.556. The molecule has 0 amide bonds. The number of nitrogens with one attached hydrogen (secondary N) is 1. The van der Waals surface area contributed by atoms with Crippen LogP contribution in [0, 0.1) is 0 Å². The topological polar surface area (TPSA) is 43.8 Å². The van der Waals surface area contributed by atoms with Gasteiger partial charge in [0.1, 0.15) is 0 Å². The summed E-state index contributed by atoms with van der Waals surface area (Å²) in [6.45, 7) is 2.47. The van der Waals surface area contributed by atoms with Crippen molar-refractivity contribution < 1.29 is 0 Å². The standard InChI is InChI=1S/C9H14ClN5S/c1-11-9-13-5-14(2)6-15(9)4-7-3-12-8(10)16-7/h3H,4-6H2,1-2H3,(H,11,13). The maximum Gasteiger partial charge on any atom is 0.196 e. The van der Waals surface area contributed by atoms with Crippen molar-refractivity contribution in [2.75, 3.05) is 27.4 Å². The maximum absolute atomic E-state index is 5.81. The third kappa shape index (κ3) is 2.63. The molecule has 0 spiro atoms. The fourth-order valence-corrected chi connectivity index (χ4v) is 2.61. The first-order chi connectivity index (χ1) is 7.69. The molecule has 2 heterocycles. The van der Waals surface area contributed by atoms with Gasteiger partial charge >= 0.3 is 0 Å². The molecule has 1 aliphatic heterocycles. The van der Waals surface area contributed by atoms with Crippen LogP contribution in [-0.4, -0.2) is 48.2 Å². The largest absolute Gasteiger partial charge is 0.343 e. The van der Waals surface area contributed by atoms with Gasteiger partial charge in [-0.2, -0.15) is 0 Å². The van der Waals surface area contributed by atoms with Gasteiger partial charge in [-0.3, -0.25) is 9.89 Å². The minimum Gasteiger partial charge on any atom is -0.343 e. The molecule has 1 fully saturated rings. The molecule has 1 aromatic rings. The number of nitrogens with zero attached hydrogens (tertiary/aromatic N) is 4. The summed E-state index contributed by atoms with van der Waals surface area (Å²) in [6.07, 6.45) is 1.81. The highest BCUT2D eigenvalue weighted by molar-refractivity contribution is 7.15. The Morgan fingerprint density at radius 1 is 1.69 bits per heavy atom. The van der Waals surface area contributed by atoms with Crippen LogP contribution in [0.15, 0.2) is 11.2 Å². The third-order valence-corrected chi connectivity index (χ3v) is 3.40. The smallest absolute Gasteiger partial charge is 0.196 e. The zero-order valence-electron chi connectivity index (χ0n) is 9.27. The molecule has 0 atom stereocenters. The molecule has 1 saturated heterocycles. The van der Waals surface area contributed by atoms with Gasteiger partial charge in [-0.15, -0.1) is 11.3 Å². The predicted molar refractivity (Wildman–Crippen MR) is 66.7 cm³/mol. The number of rotatable bonds is 2. The second-order valence-corrected chi connectivity index (χ2v) is 5.35. The van der Waals surface area contributed by atoms with Gasteiger partial charge in [0.15, 0.2) is 10.4 Å². The normalized spacial score (nSPS) is 20.2. The fourth-order valence-electron chi connectivity index (χ4n) is 1.62. The Morgan fingerprint density at radius 3 is 3.12 bits per heavy atom. The van der Waals surface area contributed by atoms with E-state index in [1.807, 2.05) is 6.20 Å². The van der Waals surface area contributed by atoms with Crippen LogP contribution in [0.5, 0.6) is 0 Å². The first kappa shape index (κ1) is 11.6. The first-order valence-corrected chi connectivity index (χ1v) is 6.13. The van der Waals surface area contributed by atoms with E-state index in [-0.39, 0.29) is 0 Å². The Morgan fingerprint density at radius 2 is 2.50 bits per heavy atom. The third-order valence-electron chi connectivity index (χ3n) is 2.30. The Labute approximate surface area is 104 Å². The van der Waals surface area contributed by atoms with Crippen LogP contribution in [0.2, 0.25) is 4.47 Å². The van der Waals surface area contributed by atoms with E-state index in [4.69, 9.17) is 11.6 Å². The number of hydrogen-bond acceptors (Lipinski definition) is 4. The van der Waals surface area contributed by atoms with Gasteiger partial charge in [0.25, 0.3) is 0 Å². The summed E-state index contributed by atoms with van der Waals surface area (Å²) in [4.78, 5) is 13.7. The highest BCUT2D eigenvalue weighted by atomic mass is 35.5. The van der Waals surface area contributed by atoms with Crippen LogP contribution in [0.4, 0.5) is 0 Å². The molecular formula is C9H14ClN5S. The van der Waals surface area contributed by atoms with Crippen molar-refractivity contribution in [3.05, 3.63) is 15.5 Å². The van der Waals surface area contributed by atoms with Crippen LogP contribution >= 0.6 is 22.9 Å². The molecule has 1 aliphatic rings. The summed E-state index contributed by atoms with van der Waals surface area (Å²) >= 11 is 7.32. The number of aromatic nitrogens is 1. The average molecular weight is 260 g/mol. The molecule has 5 nitrogen and oxygen atoms in total. The van der Waals surface area contributed by atoms with Crippen LogP contribution < -0.4 is 5.32 Å². The zero-order chi connectivity index (χ0) is 11.5. The Kier molecular flexibility index (Phi) is 3.63. The lowest BCUT2D eigenvalue weighted by atomic mass is 10.4. The van der Waals surface area contributed by atoms with Crippen LogP contribution in [0.1, 0.15) is 4.88 Å². The number of aliphatic imine (C=N–C) groups is 1. The van der Waals surface area contributed by atoms with Gasteiger partial charge in [-0.1, -0.05) is 11.6 Å². The molecule has 0 unspecified atom stereocenters. The molecule has 16 heavy (non-hydrogen) atoms. The van der Waals surface area contributed by atoms with Gasteiger partial charge in [0.2, 0.25) is 0 Å². The van der Waals surface area contributed by atoms with Crippen molar-refractivity contribution in [1.29, 1.82) is 0 Å². The van der Waals surface area contributed by atoms with Crippen molar-refractivity contribution in [2.45, 2.75) is 6.54 Å². The number of hydrogen-bond donors (Lipinski definition) is 1. The minimum atomic E-state index is 0.586. The molecule has 88 valence electrons. The van der Waals surface area contributed by atoms with E-state index in [0.29, 0.717) is 4.47 Å². The molecule has 0 bridgehead atoms. The maximum atomic E-state index is 5.81. The van der Waals surface area contributed by atoms with E-state index >= 15 is 0 Å². The van der Waals surface area contributed by atoms with Crippen LogP contribution in [0.3, 0.4) is 0 Å². The Balaban J connectivity index is 2.06. The highest BCUT2D eigenvalue weighted by Gasteiger charge is 2.19. The van der Waals surface area contributed by atoms with E-state index in [1.54, 1.807) is 7.05 Å². The van der Waals surface area contributed by atoms with E-state index in [0.717, 1.165) is 30.7 Å². The second-order valence-electron chi connectivity index (χ2n) is 3.66. The Hall–Kier alpha value is -0.850. The molecule has 0 aromatic carbocycles. The minimum absolute atomic E-state index is 0.586. The summed E-state index contributed by atoms with van der Waals surface area (Å²) < 4.78 is 0.586. The van der Waals surface area contributed by atoms with Gasteiger partial charge in [0, 0.05) is 18.1 Å². The molecule has 2 rings (SSSR count). The van der Waals surface area contributed by atoms with Crippen LogP contribution in [0.25, 0.3) is 0 Å². The highest BCUT2D eigenvalue weighted by Crippen LogP contribution is 2.19. The van der Waals surface area contributed by atoms with Crippen LogP contribution in [-0.2, 0) is 6.54 Å². The van der Waals surface area contributed by atoms with Gasteiger partial charge in [-0.05, 0) is 7.05 Å². The van der Waals surface area contributed by atoms with Gasteiger partial charge in [-0.25, -0.2) is 4.98 Å². The summed E-state index contributed by atoms with van der Waals surface area (Å²) in [7, 11) is 3.85. The summed E-state index contributed by atoms with van der Waals surface area (Å²) in [5, 5.41) is 3.25. The van der Waals surface area contributed by atoms with E-state index in [2.05, 4.69) is 32.1 Å². The summed E-state index contributed by atoms with van der Waals surface area (Å²) in [5.74, 6) is 0.919. The lowest BCUT2D eigenvalue weighted by Crippen LogP contribution is -2.55. The van der Waals surface area contributed by atoms with E-state index < -0.39 is 0 Å². The molecule has 1 aromatic heterocycles. The van der Waals surface area contributed by atoms with Gasteiger partial charge in [0.05, 0.1) is 19.9 Å². The number of guanidine groups is 1. The van der Waals surface area contributed by atoms with E-state index in [1.165, 1.54) is 11.3 Å². The Bertz CT molecular complexity index is 391. The molecule has 0 saturated carbocycles. The van der Waals surface area contributed by atoms with Crippen molar-refractivity contribution >= 4 is 28.9 Å². The SMILES string of the molecule is CN=C1NCN(C)CN1Cc1cnc(Cl)s1. The van der Waals surface area contributed by atoms with Crippen molar-refractivity contribution in [1.82, 2.24) is 20.1 Å². The lowest BCUT2D eigenvalue weighted by molar-refractivity contribution is 0.177. The van der Waals surface area contributed by atoms with E-state index in [9.17, 15) is 0 Å². The summed E-state index contributed by atoms with van der Waals surface area (Å²) in [5.41, 5.74) is 0. The quantitative estimate of drug-likeness (QED) is 0.862. The van der Waals surface area contributed by atoms with Gasteiger partial charge < -0.3 is 10.2 Å². The molecular weight excluding hydrogens is 246 g/mol. The number of halogens is 1. The number of thiazole rings is 1. The molecule has 1 N–H and O–H groups in total. The van der Waals surface area contributed by atoms with Crippen molar-refractivity contribution in [2.24, 2.45) is 4.99 Å². The first-order valence-electron chi connectivity index (χ1n) is 4.93. The lowest BCUT2D eigenvalue weighted by Gasteiger charge is -2.36. The summed E-state index contributed by atoms with van der Waals surface area (Å²) in [6, 6.07) is 0. The van der Waals surface area contributed by atoms with Crippen molar-refractivity contribution in [3.63, 3.8) is 0 Å². The molecule has 0 aliphatic carbocycles.